The Morgan fingerprint density at radius 1 is 1.29 bits per heavy atom. The third kappa shape index (κ3) is 4.88. The molecule has 14 heteroatoms. The first kappa shape index (κ1) is 24.0. The van der Waals surface area contributed by atoms with Crippen LogP contribution in [0.4, 0.5) is 24.7 Å². The van der Waals surface area contributed by atoms with Crippen LogP contribution in [0.3, 0.4) is 0 Å². The number of hydrogen-bond donors (Lipinski definition) is 3. The molecule has 3 heterocycles. The Kier molecular flexibility index (Phi) is 6.59. The second kappa shape index (κ2) is 9.61. The summed E-state index contributed by atoms with van der Waals surface area (Å²) in [7, 11) is 0. The summed E-state index contributed by atoms with van der Waals surface area (Å²) in [4.78, 5) is 20.5. The van der Waals surface area contributed by atoms with Gasteiger partial charge in [-0.15, -0.1) is 0 Å². The molecule has 4 rings (SSSR count). The number of aromatic nitrogens is 5. The molecule has 180 valence electrons. The van der Waals surface area contributed by atoms with E-state index in [-0.39, 0.29) is 53.0 Å². The molecule has 35 heavy (non-hydrogen) atoms. The minimum atomic E-state index is -4.74. The molecule has 0 aliphatic carbocycles. The van der Waals surface area contributed by atoms with Crippen molar-refractivity contribution in [3.63, 3.8) is 0 Å². The Hall–Kier alpha value is -4.15. The highest BCUT2D eigenvalue weighted by molar-refractivity contribution is 6.34. The number of fused-ring (bicyclic) bond motifs is 1. The molecular weight excluding hydrogens is 489 g/mol. The molecule has 0 saturated carbocycles. The summed E-state index contributed by atoms with van der Waals surface area (Å²) >= 11 is 6.22. The first-order chi connectivity index (χ1) is 16.7. The molecular formula is C21H16ClF3N8O2. The summed E-state index contributed by atoms with van der Waals surface area (Å²) in [5.41, 5.74) is -0.382. The average molecular weight is 505 g/mol. The van der Waals surface area contributed by atoms with Crippen molar-refractivity contribution in [2.75, 3.05) is 18.5 Å². The molecule has 3 N–H and O–H groups in total. The number of hydrogen-bond acceptors (Lipinski definition) is 7. The number of aliphatic hydroxyl groups excluding tert-OH is 1. The van der Waals surface area contributed by atoms with Gasteiger partial charge in [0.15, 0.2) is 17.2 Å². The van der Waals surface area contributed by atoms with Crippen LogP contribution in [-0.2, 0) is 12.7 Å². The number of aliphatic hydroxyl groups is 1. The third-order valence-corrected chi connectivity index (χ3v) is 5.15. The lowest BCUT2D eigenvalue weighted by Crippen LogP contribution is -2.26. The van der Waals surface area contributed by atoms with Gasteiger partial charge in [0.2, 0.25) is 0 Å². The van der Waals surface area contributed by atoms with Crippen LogP contribution in [0.5, 0.6) is 0 Å². The largest absolute Gasteiger partial charge is 0.435 e. The molecule has 1 amide bonds. The van der Waals surface area contributed by atoms with Gasteiger partial charge in [0.05, 0.1) is 40.7 Å². The topological polar surface area (TPSA) is 133 Å². The van der Waals surface area contributed by atoms with Crippen LogP contribution in [0.25, 0.3) is 16.9 Å². The van der Waals surface area contributed by atoms with E-state index in [1.807, 2.05) is 0 Å². The Morgan fingerprint density at radius 2 is 2.09 bits per heavy atom. The fourth-order valence-corrected chi connectivity index (χ4v) is 3.62. The van der Waals surface area contributed by atoms with Gasteiger partial charge in [-0.05, 0) is 18.2 Å². The summed E-state index contributed by atoms with van der Waals surface area (Å²) in [5.74, 6) is -0.226. The Balaban J connectivity index is 1.69. The summed E-state index contributed by atoms with van der Waals surface area (Å²) in [6.45, 7) is -0.480. The molecule has 0 unspecified atom stereocenters. The van der Waals surface area contributed by atoms with Crippen molar-refractivity contribution >= 4 is 34.7 Å². The lowest BCUT2D eigenvalue weighted by atomic mass is 10.2. The van der Waals surface area contributed by atoms with Gasteiger partial charge in [-0.1, -0.05) is 11.6 Å². The van der Waals surface area contributed by atoms with E-state index in [1.54, 1.807) is 12.1 Å². The minimum absolute atomic E-state index is 0.0781. The lowest BCUT2D eigenvalue weighted by molar-refractivity contribution is -0.141. The van der Waals surface area contributed by atoms with Gasteiger partial charge in [-0.25, -0.2) is 9.97 Å². The average Bonchev–Trinajstić information content (AvgIpc) is 3.42. The molecule has 10 nitrogen and oxygen atoms in total. The molecule has 1 aromatic carbocycles. The number of benzene rings is 1. The molecule has 0 aliphatic rings. The third-order valence-electron chi connectivity index (χ3n) is 4.84. The predicted molar refractivity (Wildman–Crippen MR) is 119 cm³/mol. The predicted octanol–water partition coefficient (Wildman–Crippen LogP) is 3.25. The van der Waals surface area contributed by atoms with Gasteiger partial charge < -0.3 is 15.7 Å². The number of imidazole rings is 1. The number of anilines is 2. The zero-order chi connectivity index (χ0) is 25.2. The zero-order valence-corrected chi connectivity index (χ0v) is 18.5. The van der Waals surface area contributed by atoms with E-state index < -0.39 is 17.8 Å². The summed E-state index contributed by atoms with van der Waals surface area (Å²) in [5, 5.41) is 26.8. The van der Waals surface area contributed by atoms with Gasteiger partial charge in [-0.2, -0.15) is 23.5 Å². The van der Waals surface area contributed by atoms with Crippen LogP contribution in [-0.4, -0.2) is 48.3 Å². The van der Waals surface area contributed by atoms with Crippen LogP contribution in [0.2, 0.25) is 5.02 Å². The fourth-order valence-electron chi connectivity index (χ4n) is 3.36. The van der Waals surface area contributed by atoms with Gasteiger partial charge in [0.1, 0.15) is 6.54 Å². The van der Waals surface area contributed by atoms with E-state index in [0.29, 0.717) is 5.69 Å². The molecule has 0 bridgehead atoms. The van der Waals surface area contributed by atoms with Crippen LogP contribution >= 0.6 is 11.6 Å². The van der Waals surface area contributed by atoms with E-state index in [4.69, 9.17) is 22.0 Å². The normalized spacial score (nSPS) is 11.4. The van der Waals surface area contributed by atoms with Gasteiger partial charge in [0, 0.05) is 30.8 Å². The Bertz CT molecular complexity index is 1440. The maximum atomic E-state index is 13.6. The van der Waals surface area contributed by atoms with Crippen molar-refractivity contribution in [2.24, 2.45) is 0 Å². The van der Waals surface area contributed by atoms with Gasteiger partial charge in [0.25, 0.3) is 5.91 Å². The Morgan fingerprint density at radius 3 is 2.77 bits per heavy atom. The highest BCUT2D eigenvalue weighted by Gasteiger charge is 2.38. The molecule has 0 aliphatic heterocycles. The molecule has 0 spiro atoms. The molecule has 4 aromatic rings. The Labute approximate surface area is 200 Å². The van der Waals surface area contributed by atoms with E-state index in [0.717, 1.165) is 10.9 Å². The SMILES string of the molecule is N#CCn1cc(-c2cnc3c(Nc4ccc(C(=O)NCCO)c(Cl)c4)nccn23)c(C(F)(F)F)n1. The second-order valence-corrected chi connectivity index (χ2v) is 7.56. The maximum Gasteiger partial charge on any atom is 0.435 e. The number of halogens is 4. The monoisotopic (exact) mass is 504 g/mol. The van der Waals surface area contributed by atoms with Crippen molar-refractivity contribution in [1.82, 2.24) is 29.5 Å². The minimum Gasteiger partial charge on any atom is -0.395 e. The molecule has 0 radical (unpaired) electrons. The van der Waals surface area contributed by atoms with E-state index >= 15 is 0 Å². The first-order valence-corrected chi connectivity index (χ1v) is 10.4. The van der Waals surface area contributed by atoms with E-state index in [9.17, 15) is 18.0 Å². The van der Waals surface area contributed by atoms with Crippen LogP contribution in [0.1, 0.15) is 16.1 Å². The van der Waals surface area contributed by atoms with Gasteiger partial charge >= 0.3 is 6.18 Å². The van der Waals surface area contributed by atoms with Gasteiger partial charge in [-0.3, -0.25) is 13.9 Å². The highest BCUT2D eigenvalue weighted by atomic mass is 35.5. The summed E-state index contributed by atoms with van der Waals surface area (Å²) in [6.07, 6.45) is 0.490. The molecule has 0 fully saturated rings. The van der Waals surface area contributed by atoms with E-state index in [1.165, 1.54) is 35.1 Å². The van der Waals surface area contributed by atoms with Crippen molar-refractivity contribution in [3.8, 4) is 17.3 Å². The quantitative estimate of drug-likeness (QED) is 0.352. The summed E-state index contributed by atoms with van der Waals surface area (Å²) < 4.78 is 43.1. The van der Waals surface area contributed by atoms with Crippen molar-refractivity contribution in [2.45, 2.75) is 12.7 Å². The first-order valence-electron chi connectivity index (χ1n) is 10.0. The number of nitrogens with zero attached hydrogens (tertiary/aromatic N) is 6. The zero-order valence-electron chi connectivity index (χ0n) is 17.7. The number of nitriles is 1. The highest BCUT2D eigenvalue weighted by Crippen LogP contribution is 2.37. The molecule has 3 aromatic heterocycles. The number of alkyl halides is 3. The van der Waals surface area contributed by atoms with Crippen molar-refractivity contribution < 1.29 is 23.1 Å². The number of rotatable bonds is 7. The number of carbonyl (C=O) groups is 1. The second-order valence-electron chi connectivity index (χ2n) is 7.16. The number of amides is 1. The molecule has 0 atom stereocenters. The van der Waals surface area contributed by atoms with Crippen molar-refractivity contribution in [3.05, 3.63) is 59.3 Å². The van der Waals surface area contributed by atoms with Crippen molar-refractivity contribution in [1.29, 1.82) is 5.26 Å². The number of nitrogens with one attached hydrogen (secondary N) is 2. The smallest absolute Gasteiger partial charge is 0.395 e. The molecule has 0 saturated heterocycles. The lowest BCUT2D eigenvalue weighted by Gasteiger charge is -2.10. The van der Waals surface area contributed by atoms with E-state index in [2.05, 4.69) is 25.7 Å². The van der Waals surface area contributed by atoms with Crippen LogP contribution < -0.4 is 10.6 Å². The maximum absolute atomic E-state index is 13.6. The standard InChI is InChI=1S/C21H16ClF3N8O2/c22-15-9-12(1-2-13(15)20(35)28-5-8-34)30-18-19-29-10-16(33(19)7-4-27-18)14-11-32(6-3-26)31-17(14)21(23,24)25/h1-2,4,7,9-11,34H,5-6,8H2,(H,27,30)(H,28,35). The van der Waals surface area contributed by atoms with Crippen LogP contribution in [0.15, 0.2) is 43.0 Å². The van der Waals surface area contributed by atoms with Crippen LogP contribution in [0, 0.1) is 11.3 Å². The summed E-state index contributed by atoms with van der Waals surface area (Å²) in [6, 6.07) is 6.30. The fraction of sp³-hybridized carbons (Fsp3) is 0.190. The number of carbonyl (C=O) groups excluding carboxylic acids is 1.